The molecular weight excluding hydrogens is 366 g/mol. The van der Waals surface area contributed by atoms with Crippen molar-refractivity contribution in [3.05, 3.63) is 42.2 Å². The van der Waals surface area contributed by atoms with Gasteiger partial charge in [-0.3, -0.25) is 10.2 Å². The summed E-state index contributed by atoms with van der Waals surface area (Å²) in [4.78, 5) is 20.6. The van der Waals surface area contributed by atoms with Gasteiger partial charge in [0.15, 0.2) is 0 Å². The molecule has 0 aliphatic carbocycles. The van der Waals surface area contributed by atoms with E-state index in [0.29, 0.717) is 24.7 Å². The standard InChI is InChI=1S/C22H29N5O2/c23-21(24)12-20(28)7-6-16-3-1-5-18(11-16)19-13-26-22(27-14-19)25-9-2-4-17-8-10-29-15-17/h1,3,5,11,13-14,17H,2,4,6-10,12,15H2,(H3,23,24)(H,25,26,27). The highest BCUT2D eigenvalue weighted by Crippen LogP contribution is 2.21. The Morgan fingerprint density at radius 1 is 1.28 bits per heavy atom. The van der Waals surface area contributed by atoms with E-state index < -0.39 is 0 Å². The van der Waals surface area contributed by atoms with Gasteiger partial charge in [-0.2, -0.15) is 0 Å². The lowest BCUT2D eigenvalue weighted by Gasteiger charge is -2.09. The topological polar surface area (TPSA) is 114 Å². The Morgan fingerprint density at radius 3 is 2.83 bits per heavy atom. The summed E-state index contributed by atoms with van der Waals surface area (Å²) >= 11 is 0. The number of hydrogen-bond acceptors (Lipinski definition) is 6. The highest BCUT2D eigenvalue weighted by molar-refractivity contribution is 5.98. The number of hydrogen-bond donors (Lipinski definition) is 3. The number of nitrogens with one attached hydrogen (secondary N) is 2. The number of anilines is 1. The number of ketones is 1. The first-order valence-electron chi connectivity index (χ1n) is 10.2. The number of nitrogens with zero attached hydrogens (tertiary/aromatic N) is 2. The molecule has 1 saturated heterocycles. The number of ether oxygens (including phenoxy) is 1. The molecule has 2 aromatic rings. The fraction of sp³-hybridized carbons (Fsp3) is 0.455. The first kappa shape index (κ1) is 20.9. The van der Waals surface area contributed by atoms with Gasteiger partial charge in [-0.15, -0.1) is 0 Å². The van der Waals surface area contributed by atoms with Crippen LogP contribution in [0, 0.1) is 11.3 Å². The molecule has 1 aliphatic rings. The molecule has 1 aliphatic heterocycles. The average Bonchev–Trinajstić information content (AvgIpc) is 3.23. The summed E-state index contributed by atoms with van der Waals surface area (Å²) in [6.07, 6.45) is 8.12. The lowest BCUT2D eigenvalue weighted by Crippen LogP contribution is -2.15. The number of amidine groups is 1. The molecule has 2 heterocycles. The Morgan fingerprint density at radius 2 is 2.10 bits per heavy atom. The van der Waals surface area contributed by atoms with Gasteiger partial charge >= 0.3 is 0 Å². The molecule has 0 saturated carbocycles. The Hall–Kier alpha value is -2.80. The summed E-state index contributed by atoms with van der Waals surface area (Å²) in [5, 5.41) is 10.5. The first-order valence-corrected chi connectivity index (χ1v) is 10.2. The predicted octanol–water partition coefficient (Wildman–Crippen LogP) is 3.20. The Bertz CT molecular complexity index is 816. The number of aromatic nitrogens is 2. The fourth-order valence-corrected chi connectivity index (χ4v) is 3.46. The number of Topliss-reactive ketones (excluding diaryl/α,β-unsaturated/α-hetero) is 1. The second-order valence-corrected chi connectivity index (χ2v) is 7.54. The Kier molecular flexibility index (Phi) is 7.69. The molecule has 7 nitrogen and oxygen atoms in total. The molecule has 0 radical (unpaired) electrons. The van der Waals surface area contributed by atoms with Crippen molar-refractivity contribution in [1.82, 2.24) is 9.97 Å². The summed E-state index contributed by atoms with van der Waals surface area (Å²) in [6.45, 7) is 2.66. The predicted molar refractivity (Wildman–Crippen MR) is 114 cm³/mol. The van der Waals surface area contributed by atoms with Gasteiger partial charge in [0.1, 0.15) is 5.78 Å². The van der Waals surface area contributed by atoms with Crippen molar-refractivity contribution in [2.45, 2.75) is 38.5 Å². The van der Waals surface area contributed by atoms with E-state index in [4.69, 9.17) is 15.9 Å². The number of aryl methyl sites for hydroxylation is 1. The Balaban J connectivity index is 1.48. The van der Waals surface area contributed by atoms with Crippen molar-refractivity contribution in [3.63, 3.8) is 0 Å². The van der Waals surface area contributed by atoms with Gasteiger partial charge in [-0.1, -0.05) is 24.3 Å². The van der Waals surface area contributed by atoms with Crippen LogP contribution in [0.4, 0.5) is 5.95 Å². The minimum atomic E-state index is -0.0813. The van der Waals surface area contributed by atoms with Crippen LogP contribution >= 0.6 is 0 Å². The summed E-state index contributed by atoms with van der Waals surface area (Å²) in [5.74, 6) is 1.25. The number of carbonyl (C=O) groups is 1. The molecule has 154 valence electrons. The second kappa shape index (κ2) is 10.7. The van der Waals surface area contributed by atoms with E-state index in [2.05, 4.69) is 21.4 Å². The maximum Gasteiger partial charge on any atom is 0.222 e. The third-order valence-corrected chi connectivity index (χ3v) is 5.09. The first-order chi connectivity index (χ1) is 14.1. The maximum absolute atomic E-state index is 11.7. The third kappa shape index (κ3) is 6.94. The molecule has 0 spiro atoms. The second-order valence-electron chi connectivity index (χ2n) is 7.54. The summed E-state index contributed by atoms with van der Waals surface area (Å²) in [7, 11) is 0. The zero-order valence-corrected chi connectivity index (χ0v) is 16.7. The minimum absolute atomic E-state index is 0.0119. The van der Waals surface area contributed by atoms with Crippen LogP contribution in [0.3, 0.4) is 0 Å². The van der Waals surface area contributed by atoms with Crippen LogP contribution in [0.2, 0.25) is 0 Å². The van der Waals surface area contributed by atoms with E-state index in [1.54, 1.807) is 0 Å². The normalized spacial score (nSPS) is 15.9. The molecule has 3 rings (SSSR count). The van der Waals surface area contributed by atoms with Gasteiger partial charge in [0.2, 0.25) is 5.95 Å². The van der Waals surface area contributed by atoms with Crippen LogP contribution in [0.1, 0.15) is 37.7 Å². The molecular formula is C22H29N5O2. The number of carbonyl (C=O) groups excluding carboxylic acids is 1. The van der Waals surface area contributed by atoms with E-state index in [-0.39, 0.29) is 18.0 Å². The van der Waals surface area contributed by atoms with Crippen LogP contribution in [0.25, 0.3) is 11.1 Å². The summed E-state index contributed by atoms with van der Waals surface area (Å²) < 4.78 is 5.40. The SMILES string of the molecule is N=C(N)CC(=O)CCc1cccc(-c2cnc(NCCCC3CCOC3)nc2)c1. The highest BCUT2D eigenvalue weighted by Gasteiger charge is 2.14. The van der Waals surface area contributed by atoms with E-state index in [1.807, 2.05) is 30.6 Å². The van der Waals surface area contributed by atoms with Crippen LogP contribution in [0.5, 0.6) is 0 Å². The van der Waals surface area contributed by atoms with Crippen molar-refractivity contribution >= 4 is 17.6 Å². The number of benzene rings is 1. The molecule has 0 bridgehead atoms. The van der Waals surface area contributed by atoms with E-state index >= 15 is 0 Å². The average molecular weight is 396 g/mol. The molecule has 1 unspecified atom stereocenters. The van der Waals surface area contributed by atoms with Gasteiger partial charge in [0.05, 0.1) is 12.3 Å². The van der Waals surface area contributed by atoms with Crippen molar-refractivity contribution in [1.29, 1.82) is 5.41 Å². The van der Waals surface area contributed by atoms with Gasteiger partial charge in [-0.05, 0) is 42.7 Å². The van der Waals surface area contributed by atoms with Crippen LogP contribution in [-0.2, 0) is 16.0 Å². The van der Waals surface area contributed by atoms with Crippen molar-refractivity contribution < 1.29 is 9.53 Å². The van der Waals surface area contributed by atoms with E-state index in [1.165, 1.54) is 12.8 Å². The molecule has 1 aromatic heterocycles. The molecule has 1 fully saturated rings. The smallest absolute Gasteiger partial charge is 0.222 e. The molecule has 4 N–H and O–H groups in total. The summed E-state index contributed by atoms with van der Waals surface area (Å²) in [5.41, 5.74) is 8.31. The van der Waals surface area contributed by atoms with E-state index in [0.717, 1.165) is 42.9 Å². The lowest BCUT2D eigenvalue weighted by molar-refractivity contribution is -0.117. The fourth-order valence-electron chi connectivity index (χ4n) is 3.46. The summed E-state index contributed by atoms with van der Waals surface area (Å²) in [6, 6.07) is 8.03. The molecule has 1 aromatic carbocycles. The van der Waals surface area contributed by atoms with Gasteiger partial charge in [-0.25, -0.2) is 9.97 Å². The minimum Gasteiger partial charge on any atom is -0.387 e. The molecule has 0 amide bonds. The third-order valence-electron chi connectivity index (χ3n) is 5.09. The molecule has 29 heavy (non-hydrogen) atoms. The quantitative estimate of drug-likeness (QED) is 0.306. The number of nitrogens with two attached hydrogens (primary N) is 1. The van der Waals surface area contributed by atoms with Crippen molar-refractivity contribution in [2.75, 3.05) is 25.1 Å². The van der Waals surface area contributed by atoms with Crippen LogP contribution in [-0.4, -0.2) is 41.3 Å². The van der Waals surface area contributed by atoms with Crippen LogP contribution < -0.4 is 11.1 Å². The lowest BCUT2D eigenvalue weighted by atomic mass is 10.0. The zero-order valence-electron chi connectivity index (χ0n) is 16.7. The van der Waals surface area contributed by atoms with Crippen molar-refractivity contribution in [3.8, 4) is 11.1 Å². The zero-order chi connectivity index (χ0) is 20.5. The van der Waals surface area contributed by atoms with Gasteiger partial charge in [0.25, 0.3) is 0 Å². The van der Waals surface area contributed by atoms with Gasteiger partial charge < -0.3 is 15.8 Å². The maximum atomic E-state index is 11.7. The van der Waals surface area contributed by atoms with Crippen molar-refractivity contribution in [2.24, 2.45) is 11.7 Å². The largest absolute Gasteiger partial charge is 0.387 e. The van der Waals surface area contributed by atoms with Crippen LogP contribution in [0.15, 0.2) is 36.7 Å². The monoisotopic (exact) mass is 395 g/mol. The van der Waals surface area contributed by atoms with E-state index in [9.17, 15) is 4.79 Å². The Labute approximate surface area is 171 Å². The molecule has 7 heteroatoms. The van der Waals surface area contributed by atoms with Gasteiger partial charge in [0, 0.05) is 44.1 Å². The highest BCUT2D eigenvalue weighted by atomic mass is 16.5. The number of rotatable bonds is 11. The molecule has 1 atom stereocenters.